The average molecular weight is 343 g/mol. The second-order valence-corrected chi connectivity index (χ2v) is 8.05. The average Bonchev–Trinajstić information content (AvgIpc) is 2.52. The Bertz CT molecular complexity index is 539. The lowest BCUT2D eigenvalue weighted by molar-refractivity contribution is 0.232. The third kappa shape index (κ3) is 5.29. The number of benzene rings is 1. The minimum absolute atomic E-state index is 0.119. The first-order chi connectivity index (χ1) is 10.6. The molecule has 22 heavy (non-hydrogen) atoms. The molecule has 2 amide bonds. The normalized spacial score (nSPS) is 22.8. The molecule has 0 unspecified atom stereocenters. The maximum absolute atomic E-state index is 12.0. The Morgan fingerprint density at radius 1 is 1.41 bits per heavy atom. The van der Waals surface area contributed by atoms with Gasteiger partial charge in [0.1, 0.15) is 0 Å². The quantitative estimate of drug-likeness (QED) is 0.863. The van der Waals surface area contributed by atoms with E-state index >= 15 is 0 Å². The monoisotopic (exact) mass is 342 g/mol. The van der Waals surface area contributed by atoms with Crippen molar-refractivity contribution in [1.29, 1.82) is 0 Å². The van der Waals surface area contributed by atoms with Crippen LogP contribution in [0.1, 0.15) is 38.2 Å². The Kier molecular flexibility index (Phi) is 6.70. The first kappa shape index (κ1) is 17.3. The van der Waals surface area contributed by atoms with Gasteiger partial charge in [-0.15, -0.1) is 0 Å². The van der Waals surface area contributed by atoms with Crippen molar-refractivity contribution in [3.05, 3.63) is 34.9 Å². The molecule has 1 fully saturated rings. The van der Waals surface area contributed by atoms with Gasteiger partial charge in [-0.1, -0.05) is 37.1 Å². The number of halogens is 1. The predicted octanol–water partition coefficient (Wildman–Crippen LogP) is 3.22. The lowest BCUT2D eigenvalue weighted by Crippen LogP contribution is -2.45. The zero-order valence-electron chi connectivity index (χ0n) is 12.8. The fourth-order valence-electron chi connectivity index (χ4n) is 2.82. The summed E-state index contributed by atoms with van der Waals surface area (Å²) in [4.78, 5) is 12.0. The number of urea groups is 1. The SMILES string of the molecule is CC[S@@](=O)[C@H]1CCC[C@H](NC(=O)NCc2cccc(Cl)c2)C1. The summed E-state index contributed by atoms with van der Waals surface area (Å²) in [5.41, 5.74) is 0.969. The molecule has 0 bridgehead atoms. The molecule has 2 N–H and O–H groups in total. The van der Waals surface area contributed by atoms with Gasteiger partial charge in [-0.05, 0) is 37.0 Å². The highest BCUT2D eigenvalue weighted by Crippen LogP contribution is 2.23. The molecule has 1 aromatic rings. The topological polar surface area (TPSA) is 58.2 Å². The van der Waals surface area contributed by atoms with Crippen LogP contribution in [0.4, 0.5) is 4.79 Å². The lowest BCUT2D eigenvalue weighted by Gasteiger charge is -2.29. The Labute approximate surface area is 139 Å². The van der Waals surface area contributed by atoms with Gasteiger partial charge in [0.15, 0.2) is 0 Å². The van der Waals surface area contributed by atoms with E-state index in [9.17, 15) is 9.00 Å². The molecule has 6 heteroatoms. The number of carbonyl (C=O) groups is 1. The number of carbonyl (C=O) groups excluding carboxylic acids is 1. The second-order valence-electron chi connectivity index (χ2n) is 5.61. The molecule has 0 heterocycles. The first-order valence-electron chi connectivity index (χ1n) is 7.74. The number of rotatable bonds is 5. The van der Waals surface area contributed by atoms with Gasteiger partial charge in [0.25, 0.3) is 0 Å². The van der Waals surface area contributed by atoms with Crippen molar-refractivity contribution in [3.63, 3.8) is 0 Å². The van der Waals surface area contributed by atoms with Gasteiger partial charge in [-0.25, -0.2) is 4.79 Å². The van der Waals surface area contributed by atoms with Crippen molar-refractivity contribution in [2.75, 3.05) is 5.75 Å². The Morgan fingerprint density at radius 3 is 2.95 bits per heavy atom. The summed E-state index contributed by atoms with van der Waals surface area (Å²) in [7, 11) is -0.771. The van der Waals surface area contributed by atoms with Gasteiger partial charge in [0.2, 0.25) is 0 Å². The summed E-state index contributed by atoms with van der Waals surface area (Å²) < 4.78 is 11.9. The molecule has 4 nitrogen and oxygen atoms in total. The van der Waals surface area contributed by atoms with E-state index in [1.54, 1.807) is 6.07 Å². The van der Waals surface area contributed by atoms with Crippen LogP contribution in [0, 0.1) is 0 Å². The van der Waals surface area contributed by atoms with Gasteiger partial charge in [-0.2, -0.15) is 0 Å². The van der Waals surface area contributed by atoms with E-state index in [1.807, 2.05) is 25.1 Å². The molecule has 0 spiro atoms. The standard InChI is InChI=1S/C16H23ClN2O2S/c1-2-22(21)15-8-4-7-14(10-15)19-16(20)18-11-12-5-3-6-13(17)9-12/h3,5-6,9,14-15H,2,4,7-8,10-11H2,1H3,(H2,18,19,20)/t14-,15-,22+/m0/s1. The van der Waals surface area contributed by atoms with Gasteiger partial charge in [-0.3, -0.25) is 4.21 Å². The van der Waals surface area contributed by atoms with Crippen LogP contribution in [0.2, 0.25) is 5.02 Å². The summed E-state index contributed by atoms with van der Waals surface area (Å²) in [6, 6.07) is 7.38. The molecule has 1 aliphatic rings. The highest BCUT2D eigenvalue weighted by atomic mass is 35.5. The zero-order valence-corrected chi connectivity index (χ0v) is 14.4. The number of hydrogen-bond donors (Lipinski definition) is 2. The number of nitrogens with one attached hydrogen (secondary N) is 2. The molecule has 122 valence electrons. The maximum atomic E-state index is 12.0. The number of hydrogen-bond acceptors (Lipinski definition) is 2. The summed E-state index contributed by atoms with van der Waals surface area (Å²) >= 11 is 5.92. The molecule has 0 aromatic heterocycles. The van der Waals surface area contributed by atoms with E-state index < -0.39 is 10.8 Å². The van der Waals surface area contributed by atoms with Crippen LogP contribution < -0.4 is 10.6 Å². The summed E-state index contributed by atoms with van der Waals surface area (Å²) in [5, 5.41) is 6.73. The molecular formula is C16H23ClN2O2S. The Balaban J connectivity index is 1.78. The van der Waals surface area contributed by atoms with E-state index in [0.717, 1.165) is 31.2 Å². The summed E-state index contributed by atoms with van der Waals surface area (Å²) in [6.45, 7) is 2.40. The largest absolute Gasteiger partial charge is 0.335 e. The fourth-order valence-corrected chi connectivity index (χ4v) is 4.38. The third-order valence-electron chi connectivity index (χ3n) is 3.96. The molecule has 0 radical (unpaired) electrons. The summed E-state index contributed by atoms with van der Waals surface area (Å²) in [5.74, 6) is 0.693. The van der Waals surface area contributed by atoms with E-state index in [1.165, 1.54) is 0 Å². The lowest BCUT2D eigenvalue weighted by atomic mass is 9.95. The zero-order chi connectivity index (χ0) is 15.9. The van der Waals surface area contributed by atoms with Crippen molar-refractivity contribution in [2.45, 2.75) is 50.4 Å². The molecule has 3 atom stereocenters. The highest BCUT2D eigenvalue weighted by molar-refractivity contribution is 7.85. The molecule has 2 rings (SSSR count). The molecule has 1 aliphatic carbocycles. The van der Waals surface area contributed by atoms with E-state index in [4.69, 9.17) is 11.6 Å². The molecule has 1 saturated carbocycles. The van der Waals surface area contributed by atoms with Crippen LogP contribution in [0.25, 0.3) is 0 Å². The fraction of sp³-hybridized carbons (Fsp3) is 0.562. The van der Waals surface area contributed by atoms with E-state index in [2.05, 4.69) is 10.6 Å². The Morgan fingerprint density at radius 2 is 2.23 bits per heavy atom. The van der Waals surface area contributed by atoms with Crippen molar-refractivity contribution in [1.82, 2.24) is 10.6 Å². The third-order valence-corrected chi connectivity index (χ3v) is 5.94. The highest BCUT2D eigenvalue weighted by Gasteiger charge is 2.26. The van der Waals surface area contributed by atoms with Crippen LogP contribution >= 0.6 is 11.6 Å². The van der Waals surface area contributed by atoms with Crippen LogP contribution in [0.5, 0.6) is 0 Å². The van der Waals surface area contributed by atoms with Gasteiger partial charge in [0.05, 0.1) is 0 Å². The smallest absolute Gasteiger partial charge is 0.315 e. The van der Waals surface area contributed by atoms with Crippen molar-refractivity contribution in [3.8, 4) is 0 Å². The predicted molar refractivity (Wildman–Crippen MR) is 91.6 cm³/mol. The van der Waals surface area contributed by atoms with Gasteiger partial charge >= 0.3 is 6.03 Å². The summed E-state index contributed by atoms with van der Waals surface area (Å²) in [6.07, 6.45) is 3.80. The van der Waals surface area contributed by atoms with Crippen LogP contribution in [-0.2, 0) is 17.3 Å². The Hall–Kier alpha value is -1.07. The van der Waals surface area contributed by atoms with Gasteiger partial charge < -0.3 is 10.6 Å². The van der Waals surface area contributed by atoms with E-state index in [-0.39, 0.29) is 17.3 Å². The van der Waals surface area contributed by atoms with Crippen molar-refractivity contribution < 1.29 is 9.00 Å². The van der Waals surface area contributed by atoms with Crippen LogP contribution in [-0.4, -0.2) is 27.3 Å². The van der Waals surface area contributed by atoms with Gasteiger partial charge in [0, 0.05) is 39.4 Å². The second kappa shape index (κ2) is 8.53. The van der Waals surface area contributed by atoms with Crippen molar-refractivity contribution >= 4 is 28.4 Å². The first-order valence-corrected chi connectivity index (χ1v) is 9.50. The van der Waals surface area contributed by atoms with Crippen LogP contribution in [0.3, 0.4) is 0 Å². The van der Waals surface area contributed by atoms with E-state index in [0.29, 0.717) is 17.3 Å². The maximum Gasteiger partial charge on any atom is 0.315 e. The number of amides is 2. The van der Waals surface area contributed by atoms with Crippen molar-refractivity contribution in [2.24, 2.45) is 0 Å². The van der Waals surface area contributed by atoms with Crippen LogP contribution in [0.15, 0.2) is 24.3 Å². The molecule has 0 aliphatic heterocycles. The molecular weight excluding hydrogens is 320 g/mol. The minimum atomic E-state index is -0.771. The minimum Gasteiger partial charge on any atom is -0.335 e. The molecule has 1 aromatic carbocycles. The molecule has 0 saturated heterocycles.